The standard InChI is InChI=1S/C23H30ClN3O3/c1-15(2)14-27-23(24)18(16(3)25-27)10-11-22(28)26-12-6-7-20(26)19-9-8-17(29-4)13-21(19)30-5/h8-11,13,15,20H,6-7,12,14H2,1-5H3/b11-10+. The molecule has 3 rings (SSSR count). The number of hydrogen-bond acceptors (Lipinski definition) is 4. The van der Waals surface area contributed by atoms with E-state index >= 15 is 0 Å². The molecule has 0 N–H and O–H groups in total. The molecule has 30 heavy (non-hydrogen) atoms. The van der Waals surface area contributed by atoms with Crippen molar-refractivity contribution in [3.05, 3.63) is 46.2 Å². The number of carbonyl (C=O) groups is 1. The van der Waals surface area contributed by atoms with Crippen LogP contribution < -0.4 is 9.47 Å². The number of nitrogens with zero attached hydrogens (tertiary/aromatic N) is 3. The summed E-state index contributed by atoms with van der Waals surface area (Å²) in [5.74, 6) is 1.86. The maximum atomic E-state index is 13.0. The minimum Gasteiger partial charge on any atom is -0.497 e. The largest absolute Gasteiger partial charge is 0.497 e. The molecule has 1 aliphatic heterocycles. The van der Waals surface area contributed by atoms with Crippen molar-refractivity contribution in [2.24, 2.45) is 5.92 Å². The van der Waals surface area contributed by atoms with Crippen molar-refractivity contribution < 1.29 is 14.3 Å². The Kier molecular flexibility index (Phi) is 7.08. The number of halogens is 1. The summed E-state index contributed by atoms with van der Waals surface area (Å²) in [7, 11) is 3.26. The number of likely N-dealkylation sites (tertiary alicyclic amines) is 1. The molecule has 1 atom stereocenters. The molecule has 2 aromatic rings. The lowest BCUT2D eigenvalue weighted by Gasteiger charge is -2.25. The molecule has 0 saturated carbocycles. The zero-order valence-corrected chi connectivity index (χ0v) is 19.1. The summed E-state index contributed by atoms with van der Waals surface area (Å²) < 4.78 is 12.6. The van der Waals surface area contributed by atoms with Gasteiger partial charge in [0.15, 0.2) is 0 Å². The van der Waals surface area contributed by atoms with Gasteiger partial charge < -0.3 is 14.4 Å². The van der Waals surface area contributed by atoms with Gasteiger partial charge in [-0.25, -0.2) is 0 Å². The highest BCUT2D eigenvalue weighted by Crippen LogP contribution is 2.39. The Labute approximate surface area is 183 Å². The molecule has 0 radical (unpaired) electrons. The first-order chi connectivity index (χ1) is 14.3. The van der Waals surface area contributed by atoms with Crippen LogP contribution in [0.5, 0.6) is 11.5 Å². The van der Waals surface area contributed by atoms with Crippen molar-refractivity contribution in [3.63, 3.8) is 0 Å². The average Bonchev–Trinajstić information content (AvgIpc) is 3.30. The van der Waals surface area contributed by atoms with E-state index in [1.165, 1.54) is 0 Å². The topological polar surface area (TPSA) is 56.6 Å². The van der Waals surface area contributed by atoms with Crippen LogP contribution in [0.4, 0.5) is 0 Å². The normalized spacial score (nSPS) is 16.6. The van der Waals surface area contributed by atoms with Gasteiger partial charge in [-0.2, -0.15) is 5.10 Å². The fourth-order valence-electron chi connectivity index (χ4n) is 3.92. The van der Waals surface area contributed by atoms with Crippen molar-refractivity contribution in [1.82, 2.24) is 14.7 Å². The Morgan fingerprint density at radius 3 is 2.77 bits per heavy atom. The van der Waals surface area contributed by atoms with Gasteiger partial charge in [0.25, 0.3) is 0 Å². The second-order valence-electron chi connectivity index (χ2n) is 8.00. The van der Waals surface area contributed by atoms with Gasteiger partial charge >= 0.3 is 0 Å². The maximum absolute atomic E-state index is 13.0. The first kappa shape index (κ1) is 22.2. The second kappa shape index (κ2) is 9.56. The highest BCUT2D eigenvalue weighted by molar-refractivity contribution is 6.31. The smallest absolute Gasteiger partial charge is 0.247 e. The van der Waals surface area contributed by atoms with Gasteiger partial charge in [-0.3, -0.25) is 9.48 Å². The molecular formula is C23H30ClN3O3. The Morgan fingerprint density at radius 2 is 2.10 bits per heavy atom. The minimum absolute atomic E-state index is 0.0248. The Morgan fingerprint density at radius 1 is 1.33 bits per heavy atom. The molecule has 162 valence electrons. The highest BCUT2D eigenvalue weighted by atomic mass is 35.5. The maximum Gasteiger partial charge on any atom is 0.247 e. The summed E-state index contributed by atoms with van der Waals surface area (Å²) in [6.07, 6.45) is 5.23. The van der Waals surface area contributed by atoms with Crippen molar-refractivity contribution >= 4 is 23.6 Å². The average molecular weight is 432 g/mol. The van der Waals surface area contributed by atoms with E-state index in [1.54, 1.807) is 31.1 Å². The van der Waals surface area contributed by atoms with E-state index in [4.69, 9.17) is 21.1 Å². The number of aryl methyl sites for hydroxylation is 1. The lowest BCUT2D eigenvalue weighted by Crippen LogP contribution is -2.29. The number of hydrogen-bond donors (Lipinski definition) is 0. The first-order valence-electron chi connectivity index (χ1n) is 10.3. The number of aromatic nitrogens is 2. The molecule has 0 spiro atoms. The van der Waals surface area contributed by atoms with E-state index in [0.717, 1.165) is 47.7 Å². The number of ether oxygens (including phenoxy) is 2. The third kappa shape index (κ3) is 4.64. The van der Waals surface area contributed by atoms with Crippen LogP contribution in [0.25, 0.3) is 6.08 Å². The second-order valence-corrected chi connectivity index (χ2v) is 8.35. The first-order valence-corrected chi connectivity index (χ1v) is 10.7. The van der Waals surface area contributed by atoms with E-state index in [-0.39, 0.29) is 11.9 Å². The van der Waals surface area contributed by atoms with Crippen LogP contribution in [0.1, 0.15) is 49.6 Å². The van der Waals surface area contributed by atoms with Crippen molar-refractivity contribution in [2.75, 3.05) is 20.8 Å². The van der Waals surface area contributed by atoms with E-state index < -0.39 is 0 Å². The predicted molar refractivity (Wildman–Crippen MR) is 119 cm³/mol. The van der Waals surface area contributed by atoms with Gasteiger partial charge in [0.05, 0.1) is 26.0 Å². The number of carbonyl (C=O) groups excluding carboxylic acids is 1. The van der Waals surface area contributed by atoms with Gasteiger partial charge in [-0.05, 0) is 43.9 Å². The highest BCUT2D eigenvalue weighted by Gasteiger charge is 2.31. The molecule has 1 amide bonds. The van der Waals surface area contributed by atoms with Crippen LogP contribution in [0, 0.1) is 12.8 Å². The molecule has 7 heteroatoms. The third-order valence-corrected chi connectivity index (χ3v) is 5.77. The van der Waals surface area contributed by atoms with Gasteiger partial charge in [0, 0.05) is 36.4 Å². The van der Waals surface area contributed by atoms with Crippen LogP contribution in [-0.2, 0) is 11.3 Å². The Hall–Kier alpha value is -2.47. The van der Waals surface area contributed by atoms with Crippen LogP contribution in [0.15, 0.2) is 24.3 Å². The van der Waals surface area contributed by atoms with Crippen molar-refractivity contribution in [1.29, 1.82) is 0 Å². The Bertz CT molecular complexity index is 936. The van der Waals surface area contributed by atoms with E-state index in [0.29, 0.717) is 17.6 Å². The molecule has 0 aliphatic carbocycles. The van der Waals surface area contributed by atoms with Crippen LogP contribution in [0.2, 0.25) is 5.15 Å². The Balaban J connectivity index is 1.81. The molecule has 1 fully saturated rings. The molecule has 1 saturated heterocycles. The fourth-order valence-corrected chi connectivity index (χ4v) is 4.23. The minimum atomic E-state index is -0.0394. The van der Waals surface area contributed by atoms with Crippen LogP contribution in [-0.4, -0.2) is 41.4 Å². The summed E-state index contributed by atoms with van der Waals surface area (Å²) >= 11 is 6.51. The van der Waals surface area contributed by atoms with Gasteiger partial charge in [0.2, 0.25) is 5.91 Å². The lowest BCUT2D eigenvalue weighted by atomic mass is 10.0. The summed E-state index contributed by atoms with van der Waals surface area (Å²) in [6, 6.07) is 5.72. The molecule has 0 bridgehead atoms. The molecule has 1 aromatic carbocycles. The molecule has 2 heterocycles. The van der Waals surface area contributed by atoms with E-state index in [9.17, 15) is 4.79 Å². The van der Waals surface area contributed by atoms with Crippen molar-refractivity contribution in [2.45, 2.75) is 46.2 Å². The summed E-state index contributed by atoms with van der Waals surface area (Å²) in [6.45, 7) is 7.60. The zero-order valence-electron chi connectivity index (χ0n) is 18.3. The third-order valence-electron chi connectivity index (χ3n) is 5.38. The van der Waals surface area contributed by atoms with Crippen molar-refractivity contribution in [3.8, 4) is 11.5 Å². The summed E-state index contributed by atoms with van der Waals surface area (Å²) in [5, 5.41) is 5.08. The predicted octanol–water partition coefficient (Wildman–Crippen LogP) is 4.90. The summed E-state index contributed by atoms with van der Waals surface area (Å²) in [5.41, 5.74) is 2.61. The molecule has 1 unspecified atom stereocenters. The number of methoxy groups -OCH3 is 2. The monoisotopic (exact) mass is 431 g/mol. The van der Waals surface area contributed by atoms with E-state index in [2.05, 4.69) is 18.9 Å². The quantitative estimate of drug-likeness (QED) is 0.585. The van der Waals surface area contributed by atoms with Crippen LogP contribution in [0.3, 0.4) is 0 Å². The number of rotatable bonds is 7. The van der Waals surface area contributed by atoms with Gasteiger partial charge in [-0.15, -0.1) is 0 Å². The molecular weight excluding hydrogens is 402 g/mol. The van der Waals surface area contributed by atoms with Crippen LogP contribution >= 0.6 is 11.6 Å². The number of benzene rings is 1. The number of amides is 1. The SMILES string of the molecule is COc1ccc(C2CCCN2C(=O)/C=C/c2c(C)nn(CC(C)C)c2Cl)c(OC)c1. The molecule has 6 nitrogen and oxygen atoms in total. The van der Waals surface area contributed by atoms with Gasteiger partial charge in [0.1, 0.15) is 16.7 Å². The van der Waals surface area contributed by atoms with E-state index in [1.807, 2.05) is 30.0 Å². The molecule has 1 aliphatic rings. The zero-order chi connectivity index (χ0) is 21.8. The fraction of sp³-hybridized carbons (Fsp3) is 0.478. The lowest BCUT2D eigenvalue weighted by molar-refractivity contribution is -0.126. The van der Waals surface area contributed by atoms with Gasteiger partial charge in [-0.1, -0.05) is 25.4 Å². The summed E-state index contributed by atoms with van der Waals surface area (Å²) in [4.78, 5) is 14.9. The molecule has 1 aromatic heterocycles.